The summed E-state index contributed by atoms with van der Waals surface area (Å²) in [6.45, 7) is 0.435. The summed E-state index contributed by atoms with van der Waals surface area (Å²) in [5.74, 6) is 0. The Labute approximate surface area is 69.3 Å². The van der Waals surface area contributed by atoms with Gasteiger partial charge in [0, 0.05) is 13.7 Å². The highest BCUT2D eigenvalue weighted by atomic mass is 19.4. The van der Waals surface area contributed by atoms with Crippen LogP contribution in [0.3, 0.4) is 0 Å². The smallest absolute Gasteiger partial charge is 0.385 e. The third kappa shape index (κ3) is 5.37. The molecule has 0 spiro atoms. The Morgan fingerprint density at radius 2 is 1.92 bits per heavy atom. The van der Waals surface area contributed by atoms with E-state index in [1.165, 1.54) is 7.11 Å². The average Bonchev–Trinajstić information content (AvgIpc) is 1.96. The molecule has 0 rings (SSSR count). The van der Waals surface area contributed by atoms with Gasteiger partial charge >= 0.3 is 6.18 Å². The highest BCUT2D eigenvalue weighted by molar-refractivity contribution is 4.64. The molecule has 1 N–H and O–H groups in total. The zero-order valence-electron chi connectivity index (χ0n) is 6.90. The van der Waals surface area contributed by atoms with Crippen molar-refractivity contribution in [3.05, 3.63) is 0 Å². The van der Waals surface area contributed by atoms with Crippen LogP contribution >= 0.6 is 0 Å². The van der Waals surface area contributed by atoms with Gasteiger partial charge in [0.2, 0.25) is 0 Å². The zero-order valence-corrected chi connectivity index (χ0v) is 6.90. The SMILES string of the molecule is COCCCC[C@H](O)C(F)(F)F. The topological polar surface area (TPSA) is 29.5 Å². The largest absolute Gasteiger partial charge is 0.414 e. The molecule has 0 radical (unpaired) electrons. The molecule has 0 aromatic heterocycles. The van der Waals surface area contributed by atoms with Crippen LogP contribution in [-0.2, 0) is 4.74 Å². The highest BCUT2D eigenvalue weighted by Gasteiger charge is 2.37. The summed E-state index contributed by atoms with van der Waals surface area (Å²) in [4.78, 5) is 0. The second-order valence-corrected chi connectivity index (χ2v) is 2.55. The summed E-state index contributed by atoms with van der Waals surface area (Å²) in [6.07, 6.45) is -6.03. The van der Waals surface area contributed by atoms with Gasteiger partial charge in [0.05, 0.1) is 0 Å². The minimum absolute atomic E-state index is 0.243. The summed E-state index contributed by atoms with van der Waals surface area (Å²) < 4.78 is 39.7. The Bertz CT molecular complexity index is 114. The molecule has 0 aliphatic heterocycles. The van der Waals surface area contributed by atoms with Crippen LogP contribution in [0.5, 0.6) is 0 Å². The molecule has 0 aromatic rings. The lowest BCUT2D eigenvalue weighted by Crippen LogP contribution is -2.28. The predicted octanol–water partition coefficient (Wildman–Crippen LogP) is 1.73. The quantitative estimate of drug-likeness (QED) is 0.662. The third-order valence-electron chi connectivity index (χ3n) is 1.45. The summed E-state index contributed by atoms with van der Waals surface area (Å²) in [5.41, 5.74) is 0. The lowest BCUT2D eigenvalue weighted by Gasteiger charge is -2.13. The van der Waals surface area contributed by atoms with E-state index in [0.29, 0.717) is 19.4 Å². The van der Waals surface area contributed by atoms with E-state index in [0.717, 1.165) is 0 Å². The van der Waals surface area contributed by atoms with E-state index in [9.17, 15) is 13.2 Å². The third-order valence-corrected chi connectivity index (χ3v) is 1.45. The van der Waals surface area contributed by atoms with Gasteiger partial charge in [-0.2, -0.15) is 13.2 Å². The summed E-state index contributed by atoms with van der Waals surface area (Å²) in [6, 6.07) is 0. The average molecular weight is 186 g/mol. The predicted molar refractivity (Wildman–Crippen MR) is 37.8 cm³/mol. The molecule has 12 heavy (non-hydrogen) atoms. The van der Waals surface area contributed by atoms with Gasteiger partial charge < -0.3 is 9.84 Å². The molecule has 0 saturated heterocycles. The van der Waals surface area contributed by atoms with Crippen LogP contribution in [0, 0.1) is 0 Å². The number of methoxy groups -OCH3 is 1. The molecule has 74 valence electrons. The van der Waals surface area contributed by atoms with Gasteiger partial charge in [-0.3, -0.25) is 0 Å². The van der Waals surface area contributed by atoms with Gasteiger partial charge in [-0.1, -0.05) is 0 Å². The molecule has 0 saturated carbocycles. The van der Waals surface area contributed by atoms with E-state index in [1.54, 1.807) is 0 Å². The Morgan fingerprint density at radius 1 is 1.33 bits per heavy atom. The van der Waals surface area contributed by atoms with E-state index in [-0.39, 0.29) is 6.42 Å². The van der Waals surface area contributed by atoms with Gasteiger partial charge in [-0.25, -0.2) is 0 Å². The first-order valence-corrected chi connectivity index (χ1v) is 3.72. The number of aliphatic hydroxyl groups is 1. The Hall–Kier alpha value is -0.290. The van der Waals surface area contributed by atoms with Gasteiger partial charge in [0.25, 0.3) is 0 Å². The van der Waals surface area contributed by atoms with Crippen molar-refractivity contribution in [3.8, 4) is 0 Å². The molecule has 2 nitrogen and oxygen atoms in total. The lowest BCUT2D eigenvalue weighted by molar-refractivity contribution is -0.205. The molecule has 0 bridgehead atoms. The van der Waals surface area contributed by atoms with Crippen LogP contribution in [0.1, 0.15) is 19.3 Å². The maximum atomic E-state index is 11.7. The summed E-state index contributed by atoms with van der Waals surface area (Å²) >= 11 is 0. The van der Waals surface area contributed by atoms with Crippen molar-refractivity contribution in [2.75, 3.05) is 13.7 Å². The molecule has 0 aliphatic rings. The second-order valence-electron chi connectivity index (χ2n) is 2.55. The monoisotopic (exact) mass is 186 g/mol. The van der Waals surface area contributed by atoms with Crippen molar-refractivity contribution >= 4 is 0 Å². The summed E-state index contributed by atoms with van der Waals surface area (Å²) in [7, 11) is 1.49. The fourth-order valence-electron chi connectivity index (χ4n) is 0.748. The van der Waals surface area contributed by atoms with Gasteiger partial charge in [-0.05, 0) is 19.3 Å². The van der Waals surface area contributed by atoms with Crippen molar-refractivity contribution in [3.63, 3.8) is 0 Å². The fourth-order valence-corrected chi connectivity index (χ4v) is 0.748. The number of hydrogen-bond donors (Lipinski definition) is 1. The van der Waals surface area contributed by atoms with Gasteiger partial charge in [0.15, 0.2) is 0 Å². The summed E-state index contributed by atoms with van der Waals surface area (Å²) in [5, 5.41) is 8.52. The molecule has 0 unspecified atom stereocenters. The minimum Gasteiger partial charge on any atom is -0.385 e. The molecule has 0 aromatic carbocycles. The molecule has 0 heterocycles. The number of ether oxygens (including phenoxy) is 1. The maximum absolute atomic E-state index is 11.7. The number of rotatable bonds is 5. The standard InChI is InChI=1S/C7H13F3O2/c1-12-5-3-2-4-6(11)7(8,9)10/h6,11H,2-5H2,1H3/t6-/m0/s1. The van der Waals surface area contributed by atoms with Crippen molar-refractivity contribution in [1.29, 1.82) is 0 Å². The molecule has 0 amide bonds. The van der Waals surface area contributed by atoms with Crippen molar-refractivity contribution < 1.29 is 23.0 Å². The van der Waals surface area contributed by atoms with E-state index in [4.69, 9.17) is 5.11 Å². The maximum Gasteiger partial charge on any atom is 0.414 e. The molecular weight excluding hydrogens is 173 g/mol. The fraction of sp³-hybridized carbons (Fsp3) is 1.00. The Balaban J connectivity index is 3.38. The van der Waals surface area contributed by atoms with Gasteiger partial charge in [0.1, 0.15) is 6.10 Å². The van der Waals surface area contributed by atoms with E-state index >= 15 is 0 Å². The van der Waals surface area contributed by atoms with Crippen LogP contribution in [0.25, 0.3) is 0 Å². The van der Waals surface area contributed by atoms with Crippen LogP contribution in [0.4, 0.5) is 13.2 Å². The number of hydrogen-bond acceptors (Lipinski definition) is 2. The van der Waals surface area contributed by atoms with E-state index in [1.807, 2.05) is 0 Å². The number of unbranched alkanes of at least 4 members (excludes halogenated alkanes) is 1. The normalized spacial score (nSPS) is 14.8. The van der Waals surface area contributed by atoms with Crippen molar-refractivity contribution in [2.24, 2.45) is 0 Å². The first-order valence-electron chi connectivity index (χ1n) is 3.72. The van der Waals surface area contributed by atoms with Crippen molar-refractivity contribution in [1.82, 2.24) is 0 Å². The lowest BCUT2D eigenvalue weighted by atomic mass is 10.1. The Kier molecular flexibility index (Phi) is 5.24. The van der Waals surface area contributed by atoms with Crippen LogP contribution in [0.2, 0.25) is 0 Å². The van der Waals surface area contributed by atoms with Gasteiger partial charge in [-0.15, -0.1) is 0 Å². The first kappa shape index (κ1) is 11.7. The zero-order chi connectivity index (χ0) is 9.61. The van der Waals surface area contributed by atoms with E-state index in [2.05, 4.69) is 4.74 Å². The molecule has 5 heteroatoms. The molecule has 0 fully saturated rings. The number of alkyl halides is 3. The molecule has 0 aliphatic carbocycles. The van der Waals surface area contributed by atoms with Crippen molar-refractivity contribution in [2.45, 2.75) is 31.5 Å². The minimum atomic E-state index is -4.48. The molecular formula is C7H13F3O2. The van der Waals surface area contributed by atoms with Crippen LogP contribution in [-0.4, -0.2) is 31.1 Å². The Morgan fingerprint density at radius 3 is 2.33 bits per heavy atom. The highest BCUT2D eigenvalue weighted by Crippen LogP contribution is 2.23. The second kappa shape index (κ2) is 5.37. The van der Waals surface area contributed by atoms with Crippen LogP contribution < -0.4 is 0 Å². The number of aliphatic hydroxyl groups excluding tert-OH is 1. The molecule has 1 atom stereocenters. The number of halogens is 3. The first-order chi connectivity index (χ1) is 5.48. The van der Waals surface area contributed by atoms with Crippen LogP contribution in [0.15, 0.2) is 0 Å². The van der Waals surface area contributed by atoms with E-state index < -0.39 is 12.3 Å².